The minimum atomic E-state index is -4.66. The summed E-state index contributed by atoms with van der Waals surface area (Å²) in [4.78, 5) is 34.8. The molecular weight excluding hydrogens is 523 g/mol. The van der Waals surface area contributed by atoms with Crippen LogP contribution in [0.1, 0.15) is 34.5 Å². The van der Waals surface area contributed by atoms with Crippen molar-refractivity contribution in [3.8, 4) is 0 Å². The first-order chi connectivity index (χ1) is 18.3. The predicted octanol–water partition coefficient (Wildman–Crippen LogP) is 1.50. The molecule has 204 valence electrons. The van der Waals surface area contributed by atoms with Gasteiger partial charge in [0, 0.05) is 30.1 Å². The fourth-order valence-electron chi connectivity index (χ4n) is 4.24. The number of alkyl halides is 3. The summed E-state index contributed by atoms with van der Waals surface area (Å²) in [5.74, 6) is -2.43. The Labute approximate surface area is 217 Å². The molecule has 1 aliphatic carbocycles. The lowest BCUT2D eigenvalue weighted by molar-refractivity contribution is -0.413. The van der Waals surface area contributed by atoms with Crippen molar-refractivity contribution in [3.05, 3.63) is 59.5 Å². The van der Waals surface area contributed by atoms with E-state index < -0.39 is 42.1 Å². The molecule has 1 aliphatic rings. The highest BCUT2D eigenvalue weighted by Gasteiger charge is 2.47. The number of hydrogen-bond donors (Lipinski definition) is 4. The number of carbonyl (C=O) groups is 2. The van der Waals surface area contributed by atoms with Crippen molar-refractivity contribution in [3.63, 3.8) is 0 Å². The third-order valence-corrected chi connectivity index (χ3v) is 6.31. The minimum absolute atomic E-state index is 0.0682. The molecule has 4 aromatic rings. The maximum absolute atomic E-state index is 13.8. The van der Waals surface area contributed by atoms with E-state index in [1.807, 2.05) is 0 Å². The maximum Gasteiger partial charge on any atom is 0.417 e. The molecule has 5 rings (SSSR count). The number of amides is 2. The number of anilines is 1. The molecule has 3 heterocycles. The molecule has 0 unspecified atom stereocenters. The van der Waals surface area contributed by atoms with Crippen molar-refractivity contribution in [1.82, 2.24) is 29.8 Å². The Bertz CT molecular complexity index is 1590. The van der Waals surface area contributed by atoms with E-state index in [9.17, 15) is 38.1 Å². The average molecular weight is 545 g/mol. The van der Waals surface area contributed by atoms with Crippen LogP contribution in [0.2, 0.25) is 0 Å². The number of hydrazine groups is 1. The van der Waals surface area contributed by atoms with Gasteiger partial charge in [-0.3, -0.25) is 19.3 Å². The van der Waals surface area contributed by atoms with Crippen LogP contribution >= 0.6 is 0 Å². The number of nitrogen functional groups attached to an aromatic ring is 1. The summed E-state index contributed by atoms with van der Waals surface area (Å²) < 4.78 is 40.6. The van der Waals surface area contributed by atoms with Crippen LogP contribution < -0.4 is 5.73 Å². The zero-order valence-electron chi connectivity index (χ0n) is 20.3. The van der Waals surface area contributed by atoms with E-state index in [2.05, 4.69) is 15.1 Å². The van der Waals surface area contributed by atoms with Gasteiger partial charge in [-0.2, -0.15) is 23.3 Å². The molecule has 3 aromatic heterocycles. The maximum atomic E-state index is 13.8. The lowest BCUT2D eigenvalue weighted by Gasteiger charge is -2.39. The molecule has 1 saturated carbocycles. The van der Waals surface area contributed by atoms with Gasteiger partial charge in [0.05, 0.1) is 40.4 Å². The third kappa shape index (κ3) is 4.94. The standard InChI is InChI=1S/C24H22F3N7O5/c1-32-19-16-8-13(4-7-18(16)31-20(28)17(19)10-30-32)21(35)33(34(24(37,38)39)22(36)12-2-3-12)11-15-6-5-14(9-29-15)23(25,26)27/h4-10,12,37-39H,2-3,11H2,1H3,(H2,28,31). The Kier molecular flexibility index (Phi) is 6.16. The highest BCUT2D eigenvalue weighted by atomic mass is 19.4. The van der Waals surface area contributed by atoms with Crippen LogP contribution in [0, 0.1) is 5.92 Å². The van der Waals surface area contributed by atoms with Gasteiger partial charge in [-0.05, 0) is 43.2 Å². The molecule has 0 radical (unpaired) electrons. The van der Waals surface area contributed by atoms with Crippen molar-refractivity contribution < 1.29 is 38.1 Å². The highest BCUT2D eigenvalue weighted by molar-refractivity contribution is 6.10. The number of aryl methyl sites for hydroxylation is 1. The number of hydrogen-bond acceptors (Lipinski definition) is 9. The van der Waals surface area contributed by atoms with E-state index in [4.69, 9.17) is 5.73 Å². The summed E-state index contributed by atoms with van der Waals surface area (Å²) in [6.07, 6.45) is -5.65. The largest absolute Gasteiger partial charge is 0.417 e. The highest BCUT2D eigenvalue weighted by Crippen LogP contribution is 2.35. The van der Waals surface area contributed by atoms with Gasteiger partial charge >= 0.3 is 12.3 Å². The number of benzene rings is 1. The molecule has 0 bridgehead atoms. The molecule has 2 amide bonds. The average Bonchev–Trinajstić information content (AvgIpc) is 3.64. The van der Waals surface area contributed by atoms with Gasteiger partial charge in [0.1, 0.15) is 5.82 Å². The number of aliphatic hydroxyl groups is 3. The third-order valence-electron chi connectivity index (χ3n) is 6.31. The van der Waals surface area contributed by atoms with Crippen LogP contribution in [0.3, 0.4) is 0 Å². The van der Waals surface area contributed by atoms with Gasteiger partial charge in [-0.1, -0.05) is 0 Å². The molecule has 0 aliphatic heterocycles. The minimum Gasteiger partial charge on any atom is -0.383 e. The topological polar surface area (TPSA) is 171 Å². The summed E-state index contributed by atoms with van der Waals surface area (Å²) >= 11 is 0. The molecule has 39 heavy (non-hydrogen) atoms. The van der Waals surface area contributed by atoms with Gasteiger partial charge in [0.25, 0.3) is 11.8 Å². The Morgan fingerprint density at radius 2 is 1.82 bits per heavy atom. The first-order valence-corrected chi connectivity index (χ1v) is 11.6. The summed E-state index contributed by atoms with van der Waals surface area (Å²) in [6, 6.07) is 5.96. The number of pyridine rings is 2. The fourth-order valence-corrected chi connectivity index (χ4v) is 4.24. The summed E-state index contributed by atoms with van der Waals surface area (Å²) in [7, 11) is 1.66. The number of rotatable bonds is 5. The summed E-state index contributed by atoms with van der Waals surface area (Å²) in [6.45, 7) is -0.683. The van der Waals surface area contributed by atoms with Crippen molar-refractivity contribution in [2.45, 2.75) is 31.7 Å². The van der Waals surface area contributed by atoms with Gasteiger partial charge < -0.3 is 21.1 Å². The number of halogens is 3. The molecule has 0 atom stereocenters. The molecule has 1 aromatic carbocycles. The molecule has 1 fully saturated rings. The normalized spacial score (nSPS) is 14.1. The molecule has 15 heteroatoms. The quantitative estimate of drug-likeness (QED) is 0.214. The van der Waals surface area contributed by atoms with Crippen molar-refractivity contribution in [1.29, 1.82) is 0 Å². The van der Waals surface area contributed by atoms with Crippen molar-refractivity contribution in [2.75, 3.05) is 5.73 Å². The van der Waals surface area contributed by atoms with Gasteiger partial charge in [-0.15, -0.1) is 0 Å². The lowest BCUT2D eigenvalue weighted by Crippen LogP contribution is -2.62. The second-order valence-electron chi connectivity index (χ2n) is 9.18. The SMILES string of the molecule is Cn1ncc2c(N)nc3ccc(C(=O)N(Cc4ccc(C(F)(F)F)cn4)N(C(=O)C4CC4)C(O)(O)O)cc3c21. The van der Waals surface area contributed by atoms with Gasteiger partial charge in [-0.25, -0.2) is 9.99 Å². The Morgan fingerprint density at radius 3 is 2.41 bits per heavy atom. The molecular formula is C24H22F3N7O5. The van der Waals surface area contributed by atoms with Crippen LogP contribution in [0.5, 0.6) is 0 Å². The van der Waals surface area contributed by atoms with E-state index >= 15 is 0 Å². The van der Waals surface area contributed by atoms with Crippen LogP contribution in [-0.2, 0) is 24.6 Å². The predicted molar refractivity (Wildman–Crippen MR) is 128 cm³/mol. The number of nitrogens with two attached hydrogens (primary N) is 1. The van der Waals surface area contributed by atoms with E-state index in [1.165, 1.54) is 29.1 Å². The van der Waals surface area contributed by atoms with E-state index in [0.29, 0.717) is 45.9 Å². The molecule has 12 nitrogen and oxygen atoms in total. The number of fused-ring (bicyclic) bond motifs is 3. The summed E-state index contributed by atoms with van der Waals surface area (Å²) in [5, 5.41) is 36.0. The molecule has 0 saturated heterocycles. The molecule has 5 N–H and O–H groups in total. The summed E-state index contributed by atoms with van der Waals surface area (Å²) in [5.41, 5.74) is 5.75. The van der Waals surface area contributed by atoms with Crippen molar-refractivity contribution in [2.24, 2.45) is 13.0 Å². The monoisotopic (exact) mass is 545 g/mol. The van der Waals surface area contributed by atoms with Crippen LogP contribution in [0.4, 0.5) is 19.0 Å². The number of carbonyl (C=O) groups excluding carboxylic acids is 2. The fraction of sp³-hybridized carbons (Fsp3) is 0.292. The first-order valence-electron chi connectivity index (χ1n) is 11.6. The smallest absolute Gasteiger partial charge is 0.383 e. The Balaban J connectivity index is 1.61. The zero-order valence-corrected chi connectivity index (χ0v) is 20.3. The molecule has 0 spiro atoms. The van der Waals surface area contributed by atoms with Crippen LogP contribution in [0.15, 0.2) is 42.7 Å². The Hall–Kier alpha value is -4.34. The number of aromatic nitrogens is 4. The van der Waals surface area contributed by atoms with E-state index in [1.54, 1.807) is 7.05 Å². The van der Waals surface area contributed by atoms with E-state index in [0.717, 1.165) is 12.1 Å². The Morgan fingerprint density at radius 1 is 1.10 bits per heavy atom. The van der Waals surface area contributed by atoms with E-state index in [-0.39, 0.29) is 22.1 Å². The van der Waals surface area contributed by atoms with Crippen molar-refractivity contribution >= 4 is 39.4 Å². The zero-order chi connectivity index (χ0) is 28.3. The van der Waals surface area contributed by atoms with Gasteiger partial charge in [0.15, 0.2) is 0 Å². The lowest BCUT2D eigenvalue weighted by atomic mass is 10.1. The van der Waals surface area contributed by atoms with Crippen LogP contribution in [-0.4, -0.2) is 63.0 Å². The van der Waals surface area contributed by atoms with Gasteiger partial charge in [0.2, 0.25) is 0 Å². The first kappa shape index (κ1) is 26.3. The van der Waals surface area contributed by atoms with Crippen LogP contribution in [0.25, 0.3) is 21.8 Å². The second kappa shape index (κ2) is 9.14. The number of nitrogens with zero attached hydrogens (tertiary/aromatic N) is 6. The second-order valence-corrected chi connectivity index (χ2v) is 9.18.